The number of fused-ring (bicyclic) bond motifs is 1. The van der Waals surface area contributed by atoms with Gasteiger partial charge in [-0.3, -0.25) is 4.79 Å². The minimum atomic E-state index is -0.549. The molecule has 2 aromatic carbocycles. The van der Waals surface area contributed by atoms with Gasteiger partial charge in [0.15, 0.2) is 0 Å². The van der Waals surface area contributed by atoms with Crippen LogP contribution in [0.1, 0.15) is 11.1 Å². The first-order chi connectivity index (χ1) is 14.1. The molecule has 2 aliphatic heterocycles. The Balaban J connectivity index is 1.57. The van der Waals surface area contributed by atoms with Crippen molar-refractivity contribution in [3.05, 3.63) is 70.9 Å². The molecule has 0 radical (unpaired) electrons. The number of carbonyl (C=O) groups excluding carboxylic acids is 2. The number of methoxy groups -OCH3 is 1. The van der Waals surface area contributed by atoms with Crippen LogP contribution in [0.3, 0.4) is 0 Å². The molecule has 0 fully saturated rings. The predicted octanol–water partition coefficient (Wildman–Crippen LogP) is 1.88. The lowest BCUT2D eigenvalue weighted by Crippen LogP contribution is -2.31. The summed E-state index contributed by atoms with van der Waals surface area (Å²) in [5, 5.41) is 12.3. The molecular formula is C22H23N3O4. The van der Waals surface area contributed by atoms with E-state index in [0.29, 0.717) is 5.69 Å². The average Bonchev–Trinajstić information content (AvgIpc) is 3.31. The van der Waals surface area contributed by atoms with Crippen LogP contribution in [-0.2, 0) is 27.4 Å². The molecule has 0 saturated carbocycles. The smallest absolute Gasteiger partial charge is 0.337 e. The topological polar surface area (TPSA) is 82.1 Å². The van der Waals surface area contributed by atoms with Crippen LogP contribution >= 0.6 is 0 Å². The normalized spacial score (nSPS) is 15.7. The third kappa shape index (κ3) is 3.69. The lowest BCUT2D eigenvalue weighted by atomic mass is 10.1. The maximum Gasteiger partial charge on any atom is 0.337 e. The molecule has 4 rings (SSSR count). The Morgan fingerprint density at radius 2 is 1.83 bits per heavy atom. The first kappa shape index (κ1) is 19.0. The Kier molecular flexibility index (Phi) is 5.22. The number of ether oxygens (including phenoxy) is 1. The number of benzene rings is 2. The average molecular weight is 393 g/mol. The highest BCUT2D eigenvalue weighted by Crippen LogP contribution is 2.30. The lowest BCUT2D eigenvalue weighted by Gasteiger charge is -2.19. The monoisotopic (exact) mass is 393 g/mol. The van der Waals surface area contributed by atoms with Crippen molar-refractivity contribution in [2.45, 2.75) is 13.1 Å². The van der Waals surface area contributed by atoms with Crippen molar-refractivity contribution in [2.75, 3.05) is 37.0 Å². The summed E-state index contributed by atoms with van der Waals surface area (Å²) < 4.78 is 4.83. The number of nitrogens with zero attached hydrogens (tertiary/aromatic N) is 2. The highest BCUT2D eigenvalue weighted by molar-refractivity contribution is 6.08. The third-order valence-electron chi connectivity index (χ3n) is 5.27. The molecule has 150 valence electrons. The van der Waals surface area contributed by atoms with Crippen LogP contribution < -0.4 is 10.2 Å². The molecule has 0 spiro atoms. The van der Waals surface area contributed by atoms with Gasteiger partial charge in [0, 0.05) is 31.0 Å². The molecule has 2 aliphatic rings. The van der Waals surface area contributed by atoms with Crippen molar-refractivity contribution < 1.29 is 19.4 Å². The highest BCUT2D eigenvalue weighted by atomic mass is 16.5. The maximum absolute atomic E-state index is 12.7. The fourth-order valence-electron chi connectivity index (χ4n) is 3.79. The van der Waals surface area contributed by atoms with Crippen LogP contribution in [0.5, 0.6) is 0 Å². The molecule has 2 N–H and O–H groups in total. The van der Waals surface area contributed by atoms with Gasteiger partial charge in [0.1, 0.15) is 5.70 Å². The van der Waals surface area contributed by atoms with Gasteiger partial charge >= 0.3 is 5.97 Å². The van der Waals surface area contributed by atoms with Crippen LogP contribution in [0.25, 0.3) is 0 Å². The van der Waals surface area contributed by atoms with Crippen LogP contribution in [0.4, 0.5) is 11.4 Å². The number of β-amino-alcohol motifs (C(OH)–C–C–N with tert-alkyl or cyclic N) is 1. The standard InChI is InChI=1S/C22H23N3O4/c1-29-22(28)19-14-24(9-10-26)21(27)20(19)23-17-7-4-8-18(11-17)25-12-15-5-2-3-6-16(15)13-25/h2-8,11,23,26H,9-10,12-14H2,1H3. The Hall–Kier alpha value is -3.32. The van der Waals surface area contributed by atoms with Crippen molar-refractivity contribution in [1.29, 1.82) is 0 Å². The van der Waals surface area contributed by atoms with Crippen molar-refractivity contribution >= 4 is 23.3 Å². The van der Waals surface area contributed by atoms with Crippen LogP contribution in [-0.4, -0.2) is 48.7 Å². The number of aliphatic hydroxyl groups excluding tert-OH is 1. The quantitative estimate of drug-likeness (QED) is 0.730. The van der Waals surface area contributed by atoms with E-state index in [0.717, 1.165) is 18.8 Å². The molecule has 7 heteroatoms. The van der Waals surface area contributed by atoms with Crippen molar-refractivity contribution in [3.63, 3.8) is 0 Å². The molecule has 0 unspecified atom stereocenters. The Labute approximate surface area is 169 Å². The SMILES string of the molecule is COC(=O)C1=C(Nc2cccc(N3Cc4ccccc4C3)c2)C(=O)N(CCO)C1. The third-order valence-corrected chi connectivity index (χ3v) is 5.27. The van der Waals surface area contributed by atoms with Crippen LogP contribution in [0, 0.1) is 0 Å². The number of anilines is 2. The minimum absolute atomic E-state index is 0.121. The number of esters is 1. The summed E-state index contributed by atoms with van der Waals surface area (Å²) in [5.74, 6) is -0.870. The number of hydrogen-bond donors (Lipinski definition) is 2. The minimum Gasteiger partial charge on any atom is -0.466 e. The van der Waals surface area contributed by atoms with E-state index in [9.17, 15) is 14.7 Å². The van der Waals surface area contributed by atoms with Gasteiger partial charge in [0.05, 0.1) is 25.8 Å². The summed E-state index contributed by atoms with van der Waals surface area (Å²) in [6, 6.07) is 16.1. The summed E-state index contributed by atoms with van der Waals surface area (Å²) in [7, 11) is 1.29. The second kappa shape index (κ2) is 7.97. The molecular weight excluding hydrogens is 370 g/mol. The molecule has 0 saturated heterocycles. The second-order valence-electron chi connectivity index (χ2n) is 7.10. The van der Waals surface area contributed by atoms with E-state index in [4.69, 9.17) is 4.74 Å². The van der Waals surface area contributed by atoms with Crippen molar-refractivity contribution in [1.82, 2.24) is 4.90 Å². The molecule has 0 bridgehead atoms. The van der Waals surface area contributed by atoms with E-state index in [2.05, 4.69) is 22.3 Å². The Bertz CT molecular complexity index is 961. The first-order valence-corrected chi connectivity index (χ1v) is 9.51. The fraction of sp³-hybridized carbons (Fsp3) is 0.273. The summed E-state index contributed by atoms with van der Waals surface area (Å²) in [6.45, 7) is 1.78. The van der Waals surface area contributed by atoms with E-state index in [-0.39, 0.29) is 36.9 Å². The van der Waals surface area contributed by atoms with Crippen molar-refractivity contribution in [3.8, 4) is 0 Å². The second-order valence-corrected chi connectivity index (χ2v) is 7.10. The number of rotatable bonds is 6. The van der Waals surface area contributed by atoms with E-state index in [1.807, 2.05) is 36.4 Å². The van der Waals surface area contributed by atoms with Gasteiger partial charge in [-0.2, -0.15) is 0 Å². The van der Waals surface area contributed by atoms with Gasteiger partial charge in [-0.15, -0.1) is 0 Å². The van der Waals surface area contributed by atoms with Gasteiger partial charge in [-0.05, 0) is 29.3 Å². The molecule has 7 nitrogen and oxygen atoms in total. The number of amides is 1. The number of nitrogens with one attached hydrogen (secondary N) is 1. The molecule has 1 amide bonds. The summed E-state index contributed by atoms with van der Waals surface area (Å²) in [5.41, 5.74) is 4.84. The molecule has 0 atom stereocenters. The summed E-state index contributed by atoms with van der Waals surface area (Å²) in [4.78, 5) is 28.5. The molecule has 29 heavy (non-hydrogen) atoms. The Morgan fingerprint density at radius 1 is 1.10 bits per heavy atom. The van der Waals surface area contributed by atoms with E-state index < -0.39 is 5.97 Å². The summed E-state index contributed by atoms with van der Waals surface area (Å²) in [6.07, 6.45) is 0. The first-order valence-electron chi connectivity index (χ1n) is 9.51. The number of hydrogen-bond acceptors (Lipinski definition) is 6. The van der Waals surface area contributed by atoms with Gasteiger partial charge in [0.25, 0.3) is 5.91 Å². The lowest BCUT2D eigenvalue weighted by molar-refractivity contribution is -0.136. The molecule has 0 aliphatic carbocycles. The molecule has 2 heterocycles. The zero-order valence-corrected chi connectivity index (χ0v) is 16.2. The summed E-state index contributed by atoms with van der Waals surface area (Å²) >= 11 is 0. The van der Waals surface area contributed by atoms with E-state index in [1.54, 1.807) is 0 Å². The maximum atomic E-state index is 12.7. The highest BCUT2D eigenvalue weighted by Gasteiger charge is 2.34. The molecule has 0 aromatic heterocycles. The van der Waals surface area contributed by atoms with Gasteiger partial charge < -0.3 is 25.0 Å². The van der Waals surface area contributed by atoms with Gasteiger partial charge in [-0.1, -0.05) is 30.3 Å². The van der Waals surface area contributed by atoms with Crippen molar-refractivity contribution in [2.24, 2.45) is 0 Å². The molecule has 2 aromatic rings. The van der Waals surface area contributed by atoms with E-state index in [1.165, 1.54) is 23.1 Å². The van der Waals surface area contributed by atoms with Gasteiger partial charge in [0.2, 0.25) is 0 Å². The van der Waals surface area contributed by atoms with E-state index >= 15 is 0 Å². The van der Waals surface area contributed by atoms with Crippen LogP contribution in [0.15, 0.2) is 59.8 Å². The van der Waals surface area contributed by atoms with Crippen LogP contribution in [0.2, 0.25) is 0 Å². The largest absolute Gasteiger partial charge is 0.466 e. The predicted molar refractivity (Wildman–Crippen MR) is 109 cm³/mol. The number of aliphatic hydroxyl groups is 1. The zero-order chi connectivity index (χ0) is 20.4. The number of carbonyl (C=O) groups is 2. The zero-order valence-electron chi connectivity index (χ0n) is 16.2. The fourth-order valence-corrected chi connectivity index (χ4v) is 3.79. The Morgan fingerprint density at radius 3 is 2.48 bits per heavy atom. The van der Waals surface area contributed by atoms with Gasteiger partial charge in [-0.25, -0.2) is 4.79 Å².